The second kappa shape index (κ2) is 10.3. The van der Waals surface area contributed by atoms with Crippen LogP contribution in [0.15, 0.2) is 47.4 Å². The molecule has 2 aliphatic heterocycles. The maximum Gasteiger partial charge on any atom is 0.277 e. The highest BCUT2D eigenvalue weighted by molar-refractivity contribution is 7.92. The van der Waals surface area contributed by atoms with Crippen LogP contribution in [0.4, 0.5) is 14.5 Å². The van der Waals surface area contributed by atoms with Gasteiger partial charge in [-0.05, 0) is 61.9 Å². The normalized spacial score (nSPS) is 21.8. The summed E-state index contributed by atoms with van der Waals surface area (Å²) >= 11 is 0. The van der Waals surface area contributed by atoms with E-state index in [2.05, 4.69) is 5.32 Å². The predicted molar refractivity (Wildman–Crippen MR) is 136 cm³/mol. The molecule has 0 aromatic heterocycles. The minimum atomic E-state index is -4.08. The summed E-state index contributed by atoms with van der Waals surface area (Å²) in [6, 6.07) is 9.98. The van der Waals surface area contributed by atoms with Crippen LogP contribution in [0.25, 0.3) is 0 Å². The molecule has 0 radical (unpaired) electrons. The third-order valence-corrected chi connectivity index (χ3v) is 9.29. The van der Waals surface area contributed by atoms with Crippen molar-refractivity contribution in [1.82, 2.24) is 5.32 Å². The molecule has 1 amide bonds. The molecule has 4 rings (SSSR count). The van der Waals surface area contributed by atoms with Crippen molar-refractivity contribution in [3.8, 4) is 0 Å². The highest BCUT2D eigenvalue weighted by atomic mass is 32.2. The largest absolute Gasteiger partial charge is 0.379 e. The molecule has 2 aromatic rings. The van der Waals surface area contributed by atoms with Crippen LogP contribution < -0.4 is 9.62 Å². The van der Waals surface area contributed by atoms with Crippen LogP contribution >= 0.6 is 0 Å². The van der Waals surface area contributed by atoms with Gasteiger partial charge in [0.1, 0.15) is 0 Å². The number of anilines is 1. The number of rotatable bonds is 8. The van der Waals surface area contributed by atoms with Gasteiger partial charge in [0.15, 0.2) is 5.60 Å². The summed E-state index contributed by atoms with van der Waals surface area (Å²) in [4.78, 5) is 12.9. The van der Waals surface area contributed by atoms with Gasteiger partial charge in [0.2, 0.25) is 5.91 Å². The summed E-state index contributed by atoms with van der Waals surface area (Å²) in [5.74, 6) is -3.67. The third kappa shape index (κ3) is 5.37. The molecule has 2 N–H and O–H groups in total. The number of sulfonamides is 1. The van der Waals surface area contributed by atoms with Gasteiger partial charge in [0.05, 0.1) is 29.3 Å². The fourth-order valence-corrected chi connectivity index (χ4v) is 6.86. The standard InChI is InChI=1S/C27H34F2N2O5S/c1-4-27(33,26(3,28)29)20-8-12-24-19(15-20)7-9-22(16-25(32)30-21-13-14-36-17-21)31(24)37(34,35)23-10-5-18(2)6-11-23/h5-6,8,10-12,15,21-22,33H,4,7,9,13-14,16-17H2,1-3H3,(H,30,32)/t21?,22-,27?/m0/s1. The Hall–Kier alpha value is -2.56. The molecule has 7 nitrogen and oxygen atoms in total. The lowest BCUT2D eigenvalue weighted by atomic mass is 9.83. The minimum Gasteiger partial charge on any atom is -0.379 e. The number of carbonyl (C=O) groups excluding carboxylic acids is 1. The van der Waals surface area contributed by atoms with E-state index in [-0.39, 0.29) is 35.2 Å². The van der Waals surface area contributed by atoms with Gasteiger partial charge in [-0.3, -0.25) is 9.10 Å². The molecule has 1 saturated heterocycles. The molecule has 202 valence electrons. The molecule has 0 bridgehead atoms. The molecule has 2 aliphatic rings. The number of fused-ring (bicyclic) bond motifs is 1. The average molecular weight is 537 g/mol. The van der Waals surface area contributed by atoms with Crippen molar-refractivity contribution in [2.24, 2.45) is 0 Å². The topological polar surface area (TPSA) is 95.9 Å². The van der Waals surface area contributed by atoms with E-state index < -0.39 is 27.6 Å². The summed E-state index contributed by atoms with van der Waals surface area (Å²) < 4.78 is 63.1. The van der Waals surface area contributed by atoms with Crippen molar-refractivity contribution in [1.29, 1.82) is 0 Å². The zero-order chi connectivity index (χ0) is 27.0. The van der Waals surface area contributed by atoms with E-state index in [1.807, 2.05) is 6.92 Å². The van der Waals surface area contributed by atoms with Gasteiger partial charge in [-0.2, -0.15) is 0 Å². The number of aliphatic hydroxyl groups is 1. The van der Waals surface area contributed by atoms with Crippen LogP contribution in [0.5, 0.6) is 0 Å². The van der Waals surface area contributed by atoms with Gasteiger partial charge < -0.3 is 15.2 Å². The van der Waals surface area contributed by atoms with E-state index in [1.54, 1.807) is 12.1 Å². The number of ether oxygens (including phenoxy) is 1. The minimum absolute atomic E-state index is 0.0337. The lowest BCUT2D eigenvalue weighted by molar-refractivity contribution is -0.177. The second-order valence-electron chi connectivity index (χ2n) is 10.1. The first-order chi connectivity index (χ1) is 17.4. The quantitative estimate of drug-likeness (QED) is 0.531. The molecule has 2 aromatic carbocycles. The van der Waals surface area contributed by atoms with E-state index in [4.69, 9.17) is 4.74 Å². The lowest BCUT2D eigenvalue weighted by Gasteiger charge is -2.39. The Bertz CT molecular complexity index is 1240. The SMILES string of the molecule is CCC(O)(c1ccc2c(c1)CC[C@@H](CC(=O)NC1CCOC1)N2S(=O)(=O)c1ccc(C)cc1)C(C)(F)F. The molecule has 0 saturated carbocycles. The second-order valence-corrected chi connectivity index (χ2v) is 11.9. The van der Waals surface area contributed by atoms with Crippen LogP contribution in [-0.4, -0.2) is 50.7 Å². The summed E-state index contributed by atoms with van der Waals surface area (Å²) in [7, 11) is -4.08. The fourth-order valence-electron chi connectivity index (χ4n) is 5.15. The average Bonchev–Trinajstić information content (AvgIpc) is 3.35. The van der Waals surface area contributed by atoms with Crippen molar-refractivity contribution in [2.45, 2.75) is 81.4 Å². The van der Waals surface area contributed by atoms with Crippen molar-refractivity contribution in [3.05, 3.63) is 59.2 Å². The first-order valence-electron chi connectivity index (χ1n) is 12.6. The number of hydrogen-bond donors (Lipinski definition) is 2. The Kier molecular flexibility index (Phi) is 7.65. The summed E-state index contributed by atoms with van der Waals surface area (Å²) in [6.07, 6.45) is 1.14. The predicted octanol–water partition coefficient (Wildman–Crippen LogP) is 4.05. The van der Waals surface area contributed by atoms with Crippen LogP contribution in [0.1, 0.15) is 56.2 Å². The maximum atomic E-state index is 14.4. The number of nitrogens with zero attached hydrogens (tertiary/aromatic N) is 1. The molecule has 10 heteroatoms. The smallest absolute Gasteiger partial charge is 0.277 e. The first-order valence-corrected chi connectivity index (χ1v) is 14.0. The Labute approximate surface area is 216 Å². The molecule has 1 fully saturated rings. The molecular weight excluding hydrogens is 502 g/mol. The van der Waals surface area contributed by atoms with E-state index in [0.717, 1.165) is 5.56 Å². The molecule has 0 spiro atoms. The number of benzene rings is 2. The summed E-state index contributed by atoms with van der Waals surface area (Å²) in [5.41, 5.74) is -0.591. The van der Waals surface area contributed by atoms with Gasteiger partial charge >= 0.3 is 0 Å². The Morgan fingerprint density at radius 1 is 1.19 bits per heavy atom. The molecular formula is C27H34F2N2O5S. The van der Waals surface area contributed by atoms with Crippen LogP contribution in [-0.2, 0) is 31.6 Å². The zero-order valence-electron chi connectivity index (χ0n) is 21.3. The fraction of sp³-hybridized carbons (Fsp3) is 0.519. The Morgan fingerprint density at radius 2 is 1.89 bits per heavy atom. The van der Waals surface area contributed by atoms with Crippen LogP contribution in [0, 0.1) is 6.92 Å². The molecule has 3 atom stereocenters. The molecule has 37 heavy (non-hydrogen) atoms. The van der Waals surface area contributed by atoms with Gasteiger partial charge in [0.25, 0.3) is 15.9 Å². The first kappa shape index (κ1) is 27.5. The number of nitrogens with one attached hydrogen (secondary N) is 1. The number of hydrogen-bond acceptors (Lipinski definition) is 5. The summed E-state index contributed by atoms with van der Waals surface area (Å²) in [6.45, 7) is 5.00. The van der Waals surface area contributed by atoms with Crippen LogP contribution in [0.2, 0.25) is 0 Å². The summed E-state index contributed by atoms with van der Waals surface area (Å²) in [5, 5.41) is 13.7. The van der Waals surface area contributed by atoms with Crippen LogP contribution in [0.3, 0.4) is 0 Å². The van der Waals surface area contributed by atoms with Gasteiger partial charge in [-0.25, -0.2) is 17.2 Å². The van der Waals surface area contributed by atoms with Crippen molar-refractivity contribution >= 4 is 21.6 Å². The van der Waals surface area contributed by atoms with E-state index in [0.29, 0.717) is 50.7 Å². The third-order valence-electron chi connectivity index (χ3n) is 7.40. The molecule has 0 aliphatic carbocycles. The molecule has 2 unspecified atom stereocenters. The van der Waals surface area contributed by atoms with E-state index >= 15 is 0 Å². The van der Waals surface area contributed by atoms with Crippen molar-refractivity contribution in [2.75, 3.05) is 17.5 Å². The lowest BCUT2D eigenvalue weighted by Crippen LogP contribution is -2.47. The highest BCUT2D eigenvalue weighted by Crippen LogP contribution is 2.44. The number of amides is 1. The number of carbonyl (C=O) groups is 1. The monoisotopic (exact) mass is 536 g/mol. The van der Waals surface area contributed by atoms with Crippen molar-refractivity contribution < 1.29 is 31.8 Å². The van der Waals surface area contributed by atoms with E-state index in [1.165, 1.54) is 41.6 Å². The highest BCUT2D eigenvalue weighted by Gasteiger charge is 2.49. The molecule has 2 heterocycles. The van der Waals surface area contributed by atoms with Crippen molar-refractivity contribution in [3.63, 3.8) is 0 Å². The number of alkyl halides is 2. The van der Waals surface area contributed by atoms with Gasteiger partial charge in [-0.15, -0.1) is 0 Å². The Balaban J connectivity index is 1.74. The Morgan fingerprint density at radius 3 is 2.49 bits per heavy atom. The van der Waals surface area contributed by atoms with Gasteiger partial charge in [0, 0.05) is 20.0 Å². The number of aryl methyl sites for hydroxylation is 2. The zero-order valence-corrected chi connectivity index (χ0v) is 22.2. The van der Waals surface area contributed by atoms with E-state index in [9.17, 15) is 27.1 Å². The maximum absolute atomic E-state index is 14.4. The number of halogens is 2. The van der Waals surface area contributed by atoms with Gasteiger partial charge in [-0.1, -0.05) is 36.8 Å².